The minimum atomic E-state index is -0.501. The number of benzene rings is 1. The first kappa shape index (κ1) is 14.8. The van der Waals surface area contributed by atoms with Gasteiger partial charge in [-0.3, -0.25) is 0 Å². The Hall–Kier alpha value is -1.59. The van der Waals surface area contributed by atoms with Gasteiger partial charge in [0, 0.05) is 12.0 Å². The van der Waals surface area contributed by atoms with Gasteiger partial charge in [-0.2, -0.15) is 0 Å². The van der Waals surface area contributed by atoms with E-state index >= 15 is 0 Å². The molecule has 3 N–H and O–H groups in total. The van der Waals surface area contributed by atoms with E-state index in [4.69, 9.17) is 28.9 Å². The highest BCUT2D eigenvalue weighted by Gasteiger charge is 2.13. The minimum Gasteiger partial charge on any atom is -0.383 e. The average molecular weight is 315 g/mol. The van der Waals surface area contributed by atoms with Gasteiger partial charge in [0.2, 0.25) is 0 Å². The molecule has 7 heteroatoms. The van der Waals surface area contributed by atoms with Gasteiger partial charge in [0.1, 0.15) is 23.3 Å². The van der Waals surface area contributed by atoms with E-state index in [1.165, 1.54) is 12.1 Å². The van der Waals surface area contributed by atoms with Crippen LogP contribution in [0.5, 0.6) is 0 Å². The highest BCUT2D eigenvalue weighted by Crippen LogP contribution is 2.34. The molecule has 2 aromatic rings. The van der Waals surface area contributed by atoms with Crippen LogP contribution in [0, 0.1) is 12.7 Å². The number of aryl methyl sites for hydroxylation is 1. The van der Waals surface area contributed by atoms with Crippen molar-refractivity contribution in [2.24, 2.45) is 0 Å². The summed E-state index contributed by atoms with van der Waals surface area (Å²) in [4.78, 5) is 8.49. The number of aromatic nitrogens is 2. The van der Waals surface area contributed by atoms with Crippen LogP contribution in [-0.2, 0) is 6.42 Å². The zero-order chi connectivity index (χ0) is 14.9. The Morgan fingerprint density at radius 3 is 2.40 bits per heavy atom. The molecule has 106 valence electrons. The number of nitrogens with two attached hydrogens (primary N) is 1. The van der Waals surface area contributed by atoms with Crippen molar-refractivity contribution in [3.05, 3.63) is 39.4 Å². The van der Waals surface area contributed by atoms with Crippen molar-refractivity contribution in [2.75, 3.05) is 11.1 Å². The number of rotatable bonds is 3. The monoisotopic (exact) mass is 314 g/mol. The number of hydrogen-bond donors (Lipinski definition) is 2. The fourth-order valence-corrected chi connectivity index (χ4v) is 2.20. The van der Waals surface area contributed by atoms with E-state index in [-0.39, 0.29) is 10.0 Å². The second-order valence-electron chi connectivity index (χ2n) is 4.22. The molecule has 2 rings (SSSR count). The topological polar surface area (TPSA) is 63.8 Å². The molecule has 4 nitrogen and oxygen atoms in total. The molecule has 0 atom stereocenters. The van der Waals surface area contributed by atoms with Gasteiger partial charge >= 0.3 is 0 Å². The predicted molar refractivity (Wildman–Crippen MR) is 80.3 cm³/mol. The third kappa shape index (κ3) is 2.94. The molecule has 0 aliphatic rings. The molecule has 0 unspecified atom stereocenters. The van der Waals surface area contributed by atoms with E-state index in [0.29, 0.717) is 35.1 Å². The lowest BCUT2D eigenvalue weighted by Gasteiger charge is -2.14. The van der Waals surface area contributed by atoms with E-state index in [1.807, 2.05) is 6.92 Å². The largest absolute Gasteiger partial charge is 0.383 e. The van der Waals surface area contributed by atoms with Crippen LogP contribution in [0.15, 0.2) is 12.1 Å². The lowest BCUT2D eigenvalue weighted by Crippen LogP contribution is -2.07. The quantitative estimate of drug-likeness (QED) is 0.894. The fourth-order valence-electron chi connectivity index (χ4n) is 1.64. The maximum Gasteiger partial charge on any atom is 0.139 e. The molecule has 0 spiro atoms. The van der Waals surface area contributed by atoms with Gasteiger partial charge in [0.05, 0.1) is 15.7 Å². The molecular formula is C13H13Cl2FN4. The second kappa shape index (κ2) is 5.81. The van der Waals surface area contributed by atoms with Gasteiger partial charge in [0.15, 0.2) is 0 Å². The maximum absolute atomic E-state index is 13.2. The van der Waals surface area contributed by atoms with Crippen LogP contribution in [-0.4, -0.2) is 9.97 Å². The first-order valence-electron chi connectivity index (χ1n) is 5.97. The van der Waals surface area contributed by atoms with Crippen LogP contribution < -0.4 is 11.1 Å². The summed E-state index contributed by atoms with van der Waals surface area (Å²) in [6.07, 6.45) is 0.643. The lowest BCUT2D eigenvalue weighted by atomic mass is 10.2. The SMILES string of the molecule is CCc1nc(N)c(C)c(Nc2c(Cl)cc(F)cc2Cl)n1. The standard InChI is InChI=1S/C13H13Cl2FN4/c1-3-10-18-12(17)6(2)13(19-10)20-11-8(14)4-7(16)5-9(11)15/h4-5H,3H2,1-2H3,(H3,17,18,19,20). The zero-order valence-electron chi connectivity index (χ0n) is 11.0. The first-order valence-corrected chi connectivity index (χ1v) is 6.72. The molecule has 0 amide bonds. The molecule has 0 saturated heterocycles. The summed E-state index contributed by atoms with van der Waals surface area (Å²) in [7, 11) is 0. The van der Waals surface area contributed by atoms with E-state index in [1.54, 1.807) is 6.92 Å². The molecule has 0 radical (unpaired) electrons. The molecule has 0 saturated carbocycles. The molecule has 1 heterocycles. The summed E-state index contributed by atoms with van der Waals surface area (Å²) in [6, 6.07) is 2.35. The molecule has 1 aromatic carbocycles. The summed E-state index contributed by atoms with van der Waals surface area (Å²) in [5, 5.41) is 3.33. The second-order valence-corrected chi connectivity index (χ2v) is 5.04. The van der Waals surface area contributed by atoms with Crippen LogP contribution in [0.3, 0.4) is 0 Å². The Labute approximate surface area is 126 Å². The highest BCUT2D eigenvalue weighted by molar-refractivity contribution is 6.39. The summed E-state index contributed by atoms with van der Waals surface area (Å²) in [6.45, 7) is 3.70. The van der Waals surface area contributed by atoms with Crippen molar-refractivity contribution < 1.29 is 4.39 Å². The van der Waals surface area contributed by atoms with Crippen molar-refractivity contribution in [1.82, 2.24) is 9.97 Å². The molecule has 20 heavy (non-hydrogen) atoms. The Morgan fingerprint density at radius 2 is 1.85 bits per heavy atom. The number of nitrogen functional groups attached to an aromatic ring is 1. The van der Waals surface area contributed by atoms with E-state index in [2.05, 4.69) is 15.3 Å². The molecule has 0 fully saturated rings. The number of nitrogens with zero attached hydrogens (tertiary/aromatic N) is 2. The number of nitrogens with one attached hydrogen (secondary N) is 1. The molecule has 0 aliphatic carbocycles. The van der Waals surface area contributed by atoms with Crippen molar-refractivity contribution >= 4 is 40.5 Å². The van der Waals surface area contributed by atoms with Crippen molar-refractivity contribution in [3.8, 4) is 0 Å². The number of hydrogen-bond acceptors (Lipinski definition) is 4. The zero-order valence-corrected chi connectivity index (χ0v) is 12.5. The summed E-state index contributed by atoms with van der Waals surface area (Å²) < 4.78 is 13.2. The highest BCUT2D eigenvalue weighted by atomic mass is 35.5. The molecule has 0 aliphatic heterocycles. The van der Waals surface area contributed by atoms with Gasteiger partial charge < -0.3 is 11.1 Å². The van der Waals surface area contributed by atoms with Crippen molar-refractivity contribution in [2.45, 2.75) is 20.3 Å². The first-order chi connectivity index (χ1) is 9.42. The van der Waals surface area contributed by atoms with Crippen LogP contribution in [0.1, 0.15) is 18.3 Å². The summed E-state index contributed by atoms with van der Waals surface area (Å²) in [5.74, 6) is 0.988. The Bertz CT molecular complexity index is 638. The Kier molecular flexibility index (Phi) is 4.30. The third-order valence-electron chi connectivity index (χ3n) is 2.80. The van der Waals surface area contributed by atoms with Gasteiger partial charge in [-0.25, -0.2) is 14.4 Å². The maximum atomic E-state index is 13.2. The van der Waals surface area contributed by atoms with Gasteiger partial charge in [-0.05, 0) is 19.1 Å². The van der Waals surface area contributed by atoms with E-state index < -0.39 is 5.82 Å². The molecule has 0 bridgehead atoms. The number of anilines is 3. The van der Waals surface area contributed by atoms with Crippen molar-refractivity contribution in [1.29, 1.82) is 0 Å². The predicted octanol–water partition coefficient (Wildman–Crippen LogP) is 4.12. The Morgan fingerprint density at radius 1 is 1.25 bits per heavy atom. The van der Waals surface area contributed by atoms with Gasteiger partial charge in [-0.15, -0.1) is 0 Å². The Balaban J connectivity index is 2.47. The minimum absolute atomic E-state index is 0.171. The number of halogens is 3. The van der Waals surface area contributed by atoms with Crippen LogP contribution in [0.4, 0.5) is 21.7 Å². The lowest BCUT2D eigenvalue weighted by molar-refractivity contribution is 0.628. The normalized spacial score (nSPS) is 10.7. The van der Waals surface area contributed by atoms with Crippen LogP contribution in [0.25, 0.3) is 0 Å². The third-order valence-corrected chi connectivity index (χ3v) is 3.39. The van der Waals surface area contributed by atoms with Crippen LogP contribution >= 0.6 is 23.2 Å². The van der Waals surface area contributed by atoms with Crippen molar-refractivity contribution in [3.63, 3.8) is 0 Å². The average Bonchev–Trinajstić information content (AvgIpc) is 2.38. The van der Waals surface area contributed by atoms with Gasteiger partial charge in [-0.1, -0.05) is 30.1 Å². The van der Waals surface area contributed by atoms with Crippen LogP contribution in [0.2, 0.25) is 10.0 Å². The smallest absolute Gasteiger partial charge is 0.139 e. The molecule has 1 aromatic heterocycles. The van der Waals surface area contributed by atoms with Gasteiger partial charge in [0.25, 0.3) is 0 Å². The van der Waals surface area contributed by atoms with E-state index in [9.17, 15) is 4.39 Å². The van der Waals surface area contributed by atoms with E-state index in [0.717, 1.165) is 0 Å². The summed E-state index contributed by atoms with van der Waals surface area (Å²) >= 11 is 12.0. The molecular weight excluding hydrogens is 302 g/mol. The summed E-state index contributed by atoms with van der Waals surface area (Å²) in [5.41, 5.74) is 6.90. The fraction of sp³-hybridized carbons (Fsp3) is 0.231.